The van der Waals surface area contributed by atoms with Crippen molar-refractivity contribution in [3.63, 3.8) is 0 Å². The van der Waals surface area contributed by atoms with Gasteiger partial charge in [0.2, 0.25) is 0 Å². The summed E-state index contributed by atoms with van der Waals surface area (Å²) in [5.74, 6) is 0. The third kappa shape index (κ3) is 1.85. The SMILES string of the molecule is C=C/C=c1\c(=C/C)c2ccccc2c2nc(C=C)c(C=C)n12. The summed E-state index contributed by atoms with van der Waals surface area (Å²) in [5.41, 5.74) is 2.71. The van der Waals surface area contributed by atoms with E-state index in [9.17, 15) is 0 Å². The molecule has 108 valence electrons. The number of rotatable bonds is 3. The van der Waals surface area contributed by atoms with E-state index < -0.39 is 0 Å². The van der Waals surface area contributed by atoms with Gasteiger partial charge in [0, 0.05) is 10.6 Å². The number of aromatic nitrogens is 2. The van der Waals surface area contributed by atoms with Crippen LogP contribution in [0.4, 0.5) is 0 Å². The predicted octanol–water partition coefficient (Wildman–Crippen LogP) is 3.54. The minimum atomic E-state index is 0.840. The molecule has 0 bridgehead atoms. The number of pyridine rings is 1. The van der Waals surface area contributed by atoms with Crippen LogP contribution in [0.5, 0.6) is 0 Å². The van der Waals surface area contributed by atoms with Crippen molar-refractivity contribution in [2.75, 3.05) is 0 Å². The fourth-order valence-electron chi connectivity index (χ4n) is 2.97. The van der Waals surface area contributed by atoms with E-state index in [-0.39, 0.29) is 0 Å². The molecule has 0 N–H and O–H groups in total. The van der Waals surface area contributed by atoms with E-state index in [1.165, 1.54) is 10.6 Å². The Kier molecular flexibility index (Phi) is 3.51. The van der Waals surface area contributed by atoms with Gasteiger partial charge in [0.15, 0.2) is 0 Å². The van der Waals surface area contributed by atoms with Crippen molar-refractivity contribution < 1.29 is 0 Å². The van der Waals surface area contributed by atoms with E-state index in [4.69, 9.17) is 4.98 Å². The lowest BCUT2D eigenvalue weighted by molar-refractivity contribution is 1.11. The number of benzene rings is 1. The van der Waals surface area contributed by atoms with Crippen LogP contribution in [0, 0.1) is 0 Å². The van der Waals surface area contributed by atoms with Crippen molar-refractivity contribution in [3.8, 4) is 0 Å². The minimum absolute atomic E-state index is 0.840. The average molecular weight is 286 g/mol. The maximum Gasteiger partial charge on any atom is 0.146 e. The number of hydrogen-bond acceptors (Lipinski definition) is 1. The molecule has 0 aliphatic heterocycles. The van der Waals surface area contributed by atoms with E-state index in [1.54, 1.807) is 12.2 Å². The van der Waals surface area contributed by atoms with Gasteiger partial charge in [0.25, 0.3) is 0 Å². The molecule has 0 unspecified atom stereocenters. The molecule has 0 atom stereocenters. The number of fused-ring (bicyclic) bond motifs is 3. The van der Waals surface area contributed by atoms with E-state index in [0.29, 0.717) is 0 Å². The first-order valence-electron chi connectivity index (χ1n) is 7.24. The molecule has 3 aromatic rings. The number of nitrogens with zero attached hydrogens (tertiary/aromatic N) is 2. The van der Waals surface area contributed by atoms with Crippen LogP contribution in [-0.2, 0) is 0 Å². The summed E-state index contributed by atoms with van der Waals surface area (Å²) in [6.07, 6.45) is 9.53. The Balaban J connectivity index is 2.82. The third-order valence-corrected chi connectivity index (χ3v) is 3.87. The summed E-state index contributed by atoms with van der Waals surface area (Å²) >= 11 is 0. The quantitative estimate of drug-likeness (QED) is 0.720. The van der Waals surface area contributed by atoms with Crippen LogP contribution >= 0.6 is 0 Å². The zero-order valence-corrected chi connectivity index (χ0v) is 12.7. The second kappa shape index (κ2) is 5.49. The van der Waals surface area contributed by atoms with E-state index in [0.717, 1.165) is 27.8 Å². The second-order valence-electron chi connectivity index (χ2n) is 4.99. The van der Waals surface area contributed by atoms with Crippen LogP contribution in [0.2, 0.25) is 0 Å². The standard InChI is InChI=1S/C20H18N2/c1-5-11-19-14(6-2)15-12-9-10-13-16(15)20-21-17(7-3)18(8-4)22(19)20/h5-13H,1,3-4H2,2H3/b14-6-,19-11+. The Hall–Kier alpha value is -2.87. The van der Waals surface area contributed by atoms with E-state index >= 15 is 0 Å². The van der Waals surface area contributed by atoms with Crippen molar-refractivity contribution in [3.05, 3.63) is 72.0 Å². The lowest BCUT2D eigenvalue weighted by Crippen LogP contribution is -2.32. The van der Waals surface area contributed by atoms with Crippen molar-refractivity contribution in [1.29, 1.82) is 0 Å². The highest BCUT2D eigenvalue weighted by atomic mass is 15.0. The van der Waals surface area contributed by atoms with Crippen LogP contribution in [0.3, 0.4) is 0 Å². The molecule has 3 rings (SSSR count). The van der Waals surface area contributed by atoms with Crippen molar-refractivity contribution >= 4 is 40.7 Å². The topological polar surface area (TPSA) is 17.3 Å². The normalized spacial score (nSPS) is 13.0. The molecular formula is C20H18N2. The van der Waals surface area contributed by atoms with Gasteiger partial charge in [0.1, 0.15) is 5.65 Å². The zero-order valence-electron chi connectivity index (χ0n) is 12.7. The molecule has 0 saturated heterocycles. The first kappa shape index (κ1) is 14.1. The number of imidazole rings is 1. The number of hydrogen-bond donors (Lipinski definition) is 0. The van der Waals surface area contributed by atoms with Crippen molar-refractivity contribution in [1.82, 2.24) is 9.38 Å². The average Bonchev–Trinajstić information content (AvgIpc) is 2.94. The Labute approximate surface area is 129 Å². The third-order valence-electron chi connectivity index (χ3n) is 3.87. The minimum Gasteiger partial charge on any atom is -0.292 e. The summed E-state index contributed by atoms with van der Waals surface area (Å²) in [6, 6.07) is 8.31. The van der Waals surface area contributed by atoms with Crippen LogP contribution in [0.1, 0.15) is 18.3 Å². The van der Waals surface area contributed by atoms with Gasteiger partial charge in [-0.3, -0.25) is 4.40 Å². The first-order valence-corrected chi connectivity index (χ1v) is 7.24. The molecule has 0 radical (unpaired) electrons. The fourth-order valence-corrected chi connectivity index (χ4v) is 2.97. The predicted molar refractivity (Wildman–Crippen MR) is 96.9 cm³/mol. The summed E-state index contributed by atoms with van der Waals surface area (Å²) in [6.45, 7) is 13.7. The van der Waals surface area contributed by atoms with Crippen LogP contribution in [0.15, 0.2) is 50.1 Å². The Morgan fingerprint density at radius 2 is 1.77 bits per heavy atom. The van der Waals surface area contributed by atoms with Crippen LogP contribution < -0.4 is 10.6 Å². The summed E-state index contributed by atoms with van der Waals surface area (Å²) in [4.78, 5) is 4.75. The Morgan fingerprint density at radius 1 is 1.05 bits per heavy atom. The van der Waals surface area contributed by atoms with Gasteiger partial charge in [-0.2, -0.15) is 0 Å². The zero-order chi connectivity index (χ0) is 15.7. The van der Waals surface area contributed by atoms with Gasteiger partial charge in [-0.15, -0.1) is 0 Å². The molecule has 0 fully saturated rings. The van der Waals surface area contributed by atoms with Crippen molar-refractivity contribution in [2.45, 2.75) is 6.92 Å². The lowest BCUT2D eigenvalue weighted by atomic mass is 10.1. The van der Waals surface area contributed by atoms with E-state index in [2.05, 4.69) is 48.4 Å². The molecule has 2 nitrogen and oxygen atoms in total. The Bertz CT molecular complexity index is 1030. The van der Waals surface area contributed by atoms with Crippen molar-refractivity contribution in [2.24, 2.45) is 0 Å². The second-order valence-corrected chi connectivity index (χ2v) is 4.99. The fraction of sp³-hybridized carbons (Fsp3) is 0.0500. The highest BCUT2D eigenvalue weighted by molar-refractivity contribution is 5.95. The van der Waals surface area contributed by atoms with Gasteiger partial charge >= 0.3 is 0 Å². The molecular weight excluding hydrogens is 268 g/mol. The smallest absolute Gasteiger partial charge is 0.146 e. The van der Waals surface area contributed by atoms with E-state index in [1.807, 2.05) is 25.1 Å². The van der Waals surface area contributed by atoms with Crippen LogP contribution in [-0.4, -0.2) is 9.38 Å². The summed E-state index contributed by atoms with van der Waals surface area (Å²) < 4.78 is 2.13. The van der Waals surface area contributed by atoms with Gasteiger partial charge in [0.05, 0.1) is 16.7 Å². The van der Waals surface area contributed by atoms with Gasteiger partial charge in [-0.25, -0.2) is 4.98 Å². The molecule has 2 aromatic heterocycles. The number of allylic oxidation sites excluding steroid dienone is 1. The molecule has 2 heteroatoms. The maximum atomic E-state index is 4.75. The molecule has 0 aliphatic carbocycles. The first-order chi connectivity index (χ1) is 10.8. The molecule has 0 amide bonds. The molecule has 22 heavy (non-hydrogen) atoms. The Morgan fingerprint density at radius 3 is 2.36 bits per heavy atom. The highest BCUT2D eigenvalue weighted by Crippen LogP contribution is 2.19. The largest absolute Gasteiger partial charge is 0.292 e. The highest BCUT2D eigenvalue weighted by Gasteiger charge is 2.12. The summed E-state index contributed by atoms with van der Waals surface area (Å²) in [5, 5.41) is 4.52. The molecule has 0 spiro atoms. The molecule has 1 aromatic carbocycles. The molecule has 0 saturated carbocycles. The molecule has 2 heterocycles. The van der Waals surface area contributed by atoms with Gasteiger partial charge < -0.3 is 0 Å². The monoisotopic (exact) mass is 286 g/mol. The van der Waals surface area contributed by atoms with Gasteiger partial charge in [-0.1, -0.05) is 56.2 Å². The van der Waals surface area contributed by atoms with Gasteiger partial charge in [-0.05, 0) is 30.5 Å². The van der Waals surface area contributed by atoms with Crippen LogP contribution in [0.25, 0.3) is 40.7 Å². The molecule has 0 aliphatic rings. The lowest BCUT2D eigenvalue weighted by Gasteiger charge is -2.06. The summed E-state index contributed by atoms with van der Waals surface area (Å²) in [7, 11) is 0. The maximum absolute atomic E-state index is 4.75.